The van der Waals surface area contributed by atoms with Gasteiger partial charge in [0.2, 0.25) is 0 Å². The molecule has 8 aromatic rings. The molecule has 4 nitrogen and oxygen atoms in total. The fourth-order valence-corrected chi connectivity index (χ4v) is 9.36. The summed E-state index contributed by atoms with van der Waals surface area (Å²) in [6.07, 6.45) is 6.89. The van der Waals surface area contributed by atoms with Crippen molar-refractivity contribution in [3.8, 4) is 45.3 Å². The van der Waals surface area contributed by atoms with Gasteiger partial charge in [0.25, 0.3) is 0 Å². The first-order valence-electron chi connectivity index (χ1n) is 19.4. The summed E-state index contributed by atoms with van der Waals surface area (Å²) >= 11 is 0. The Balaban J connectivity index is 0.874. The van der Waals surface area contributed by atoms with E-state index in [1.807, 2.05) is 48.5 Å². The Morgan fingerprint density at radius 2 is 0.569 bits per heavy atom. The predicted octanol–water partition coefficient (Wildman–Crippen LogP) is 12.3. The molecule has 0 aliphatic heterocycles. The summed E-state index contributed by atoms with van der Waals surface area (Å²) in [4.78, 5) is 0. The number of hydrogen-bond donors (Lipinski definition) is 2. The van der Waals surface area contributed by atoms with Gasteiger partial charge in [0, 0.05) is 0 Å². The van der Waals surface area contributed by atoms with Crippen LogP contribution >= 0.6 is 0 Å². The zero-order valence-electron chi connectivity index (χ0n) is 31.5. The van der Waals surface area contributed by atoms with Gasteiger partial charge in [-0.15, -0.1) is 0 Å². The molecule has 58 heavy (non-hydrogen) atoms. The Morgan fingerprint density at radius 3 is 0.862 bits per heavy atom. The molecule has 0 saturated carbocycles. The molecule has 2 aliphatic rings. The number of ether oxygens (including phenoxy) is 2. The van der Waals surface area contributed by atoms with Crippen molar-refractivity contribution in [2.45, 2.75) is 10.8 Å². The number of phenols is 2. The van der Waals surface area contributed by atoms with Gasteiger partial charge in [-0.1, -0.05) is 146 Å². The van der Waals surface area contributed by atoms with Gasteiger partial charge < -0.3 is 19.7 Å². The Bertz CT molecular complexity index is 2540. The number of allylic oxidation sites excluding steroid dienone is 2. The second kappa shape index (κ2) is 14.2. The van der Waals surface area contributed by atoms with E-state index in [4.69, 9.17) is 9.47 Å². The molecule has 2 aliphatic carbocycles. The topological polar surface area (TPSA) is 58.9 Å². The molecule has 278 valence electrons. The third-order valence-electron chi connectivity index (χ3n) is 11.8. The van der Waals surface area contributed by atoms with Gasteiger partial charge in [-0.05, 0) is 127 Å². The van der Waals surface area contributed by atoms with Crippen LogP contribution in [0.1, 0.15) is 44.5 Å². The van der Waals surface area contributed by atoms with Crippen molar-refractivity contribution in [2.75, 3.05) is 0 Å². The Morgan fingerprint density at radius 1 is 0.310 bits per heavy atom. The van der Waals surface area contributed by atoms with Gasteiger partial charge in [-0.25, -0.2) is 0 Å². The van der Waals surface area contributed by atoms with E-state index in [1.54, 1.807) is 48.9 Å². The molecule has 0 bridgehead atoms. The molecule has 0 amide bonds. The molecule has 10 rings (SSSR count). The zero-order chi connectivity index (χ0) is 39.1. The normalized spacial score (nSPS) is 14.1. The Kier molecular flexibility index (Phi) is 8.53. The van der Waals surface area contributed by atoms with E-state index in [9.17, 15) is 10.2 Å². The Labute approximate surface area is 337 Å². The highest BCUT2D eigenvalue weighted by Gasteiger charge is 2.47. The number of aromatic hydroxyl groups is 2. The van der Waals surface area contributed by atoms with Crippen molar-refractivity contribution >= 4 is 0 Å². The Hall–Kier alpha value is -7.56. The van der Waals surface area contributed by atoms with Crippen LogP contribution in [0.3, 0.4) is 0 Å². The second-order valence-electron chi connectivity index (χ2n) is 14.7. The van der Waals surface area contributed by atoms with E-state index in [2.05, 4.69) is 121 Å². The maximum absolute atomic E-state index is 10.2. The highest BCUT2D eigenvalue weighted by atomic mass is 16.5. The number of fused-ring (bicyclic) bond motifs is 6. The van der Waals surface area contributed by atoms with E-state index < -0.39 is 10.8 Å². The fraction of sp³-hybridized carbons (Fsp3) is 0.0370. The molecule has 4 heteroatoms. The van der Waals surface area contributed by atoms with E-state index >= 15 is 0 Å². The van der Waals surface area contributed by atoms with Gasteiger partial charge in [0.1, 0.15) is 23.0 Å². The van der Waals surface area contributed by atoms with Crippen molar-refractivity contribution in [3.05, 3.63) is 263 Å². The minimum Gasteiger partial charge on any atom is -0.508 e. The number of phenolic OH excluding ortho intramolecular Hbond substituents is 2. The van der Waals surface area contributed by atoms with Crippen molar-refractivity contribution in [3.63, 3.8) is 0 Å². The first-order chi connectivity index (χ1) is 28.6. The van der Waals surface area contributed by atoms with Crippen LogP contribution in [0, 0.1) is 0 Å². The second-order valence-corrected chi connectivity index (χ2v) is 14.7. The van der Waals surface area contributed by atoms with Crippen LogP contribution in [0.4, 0.5) is 0 Å². The third kappa shape index (κ3) is 5.45. The van der Waals surface area contributed by atoms with Crippen LogP contribution < -0.4 is 9.47 Å². The van der Waals surface area contributed by atoms with Gasteiger partial charge in [-0.2, -0.15) is 0 Å². The SMILES string of the molecule is Oc1ccc(C2(c3ccc(O/C=C/C=C/Oc4ccc(C5(c6ccc(O)cc6)c6ccccc6-c6ccccc65)cc4)cc3)c3ccccc3-c3ccccc32)cc1. The quantitative estimate of drug-likeness (QED) is 0.114. The molecular formula is C54H38O4. The number of rotatable bonds is 9. The van der Waals surface area contributed by atoms with Crippen molar-refractivity contribution in [1.29, 1.82) is 0 Å². The summed E-state index contributed by atoms with van der Waals surface area (Å²) in [6.45, 7) is 0. The fourth-order valence-electron chi connectivity index (χ4n) is 9.36. The highest BCUT2D eigenvalue weighted by molar-refractivity contribution is 5.87. The van der Waals surface area contributed by atoms with E-state index in [-0.39, 0.29) is 11.5 Å². The molecule has 8 aromatic carbocycles. The lowest BCUT2D eigenvalue weighted by molar-refractivity contribution is 0.474. The van der Waals surface area contributed by atoms with Crippen LogP contribution in [0.15, 0.2) is 219 Å². The molecule has 0 heterocycles. The van der Waals surface area contributed by atoms with Crippen LogP contribution in [-0.2, 0) is 10.8 Å². The summed E-state index contributed by atoms with van der Waals surface area (Å²) in [5.41, 5.74) is 13.0. The minimum absolute atomic E-state index is 0.239. The molecule has 0 atom stereocenters. The molecular weight excluding hydrogens is 713 g/mol. The first-order valence-corrected chi connectivity index (χ1v) is 19.4. The van der Waals surface area contributed by atoms with Crippen LogP contribution in [0.2, 0.25) is 0 Å². The molecule has 0 fully saturated rings. The van der Waals surface area contributed by atoms with Gasteiger partial charge in [0.15, 0.2) is 0 Å². The average Bonchev–Trinajstić information content (AvgIpc) is 3.75. The molecule has 2 N–H and O–H groups in total. The van der Waals surface area contributed by atoms with Crippen LogP contribution in [0.25, 0.3) is 22.3 Å². The van der Waals surface area contributed by atoms with E-state index in [0.29, 0.717) is 11.5 Å². The maximum atomic E-state index is 10.2. The minimum atomic E-state index is -0.550. The summed E-state index contributed by atoms with van der Waals surface area (Å²) in [7, 11) is 0. The monoisotopic (exact) mass is 750 g/mol. The van der Waals surface area contributed by atoms with Crippen molar-refractivity contribution in [2.24, 2.45) is 0 Å². The number of benzene rings is 8. The van der Waals surface area contributed by atoms with Crippen molar-refractivity contribution < 1.29 is 19.7 Å². The lowest BCUT2D eigenvalue weighted by Crippen LogP contribution is -2.28. The first kappa shape index (κ1) is 34.9. The lowest BCUT2D eigenvalue weighted by atomic mass is 9.68. The summed E-state index contributed by atoms with van der Waals surface area (Å²) in [5, 5.41) is 20.4. The zero-order valence-corrected chi connectivity index (χ0v) is 31.5. The van der Waals surface area contributed by atoms with Gasteiger partial charge >= 0.3 is 0 Å². The molecule has 0 spiro atoms. The maximum Gasteiger partial charge on any atom is 0.126 e. The van der Waals surface area contributed by atoms with E-state index in [0.717, 1.165) is 22.3 Å². The number of hydrogen-bond acceptors (Lipinski definition) is 4. The van der Waals surface area contributed by atoms with Gasteiger partial charge in [0.05, 0.1) is 23.4 Å². The summed E-state index contributed by atoms with van der Waals surface area (Å²) < 4.78 is 12.0. The van der Waals surface area contributed by atoms with Crippen LogP contribution in [-0.4, -0.2) is 10.2 Å². The molecule has 0 unspecified atom stereocenters. The third-order valence-corrected chi connectivity index (χ3v) is 11.8. The summed E-state index contributed by atoms with van der Waals surface area (Å²) in [5.74, 6) is 1.90. The average molecular weight is 751 g/mol. The lowest BCUT2D eigenvalue weighted by Gasteiger charge is -2.34. The predicted molar refractivity (Wildman–Crippen MR) is 230 cm³/mol. The van der Waals surface area contributed by atoms with E-state index in [1.165, 1.54) is 44.5 Å². The standard InChI is InChI=1S/C54H38O4/c55-41-27-19-37(20-28-41)53(49-15-5-1-11-45(49)46-12-2-6-16-50(46)53)39-23-31-43(32-24-39)57-35-9-10-36-58-44-33-25-40(26-34-44)54(38-21-29-42(56)30-22-38)51-17-7-3-13-47(51)48-14-4-8-18-52(48)54/h1-36,55-56H/b35-9+,36-10+. The van der Waals surface area contributed by atoms with Crippen molar-refractivity contribution in [1.82, 2.24) is 0 Å². The highest BCUT2D eigenvalue weighted by Crippen LogP contribution is 2.57. The smallest absolute Gasteiger partial charge is 0.126 e. The molecule has 0 radical (unpaired) electrons. The molecule has 0 saturated heterocycles. The largest absolute Gasteiger partial charge is 0.508 e. The van der Waals surface area contributed by atoms with Crippen LogP contribution in [0.5, 0.6) is 23.0 Å². The molecule has 0 aromatic heterocycles. The summed E-state index contributed by atoms with van der Waals surface area (Å²) in [6, 6.07) is 66.0. The van der Waals surface area contributed by atoms with Gasteiger partial charge in [-0.3, -0.25) is 0 Å².